The van der Waals surface area contributed by atoms with Crippen LogP contribution in [0.15, 0.2) is 46.9 Å². The molecule has 2 rings (SSSR count). The largest absolute Gasteiger partial charge is 0.489 e. The number of hydrogen-bond acceptors (Lipinski definition) is 5. The molecule has 1 amide bonds. The lowest BCUT2D eigenvalue weighted by atomic mass is 9.88. The van der Waals surface area contributed by atoms with Crippen molar-refractivity contribution in [3.63, 3.8) is 0 Å². The van der Waals surface area contributed by atoms with Crippen molar-refractivity contribution < 1.29 is 23.9 Å². The summed E-state index contributed by atoms with van der Waals surface area (Å²) in [6, 6.07) is 8.00. The second kappa shape index (κ2) is 10.8. The van der Waals surface area contributed by atoms with Crippen LogP contribution in [-0.4, -0.2) is 37.7 Å². The van der Waals surface area contributed by atoms with E-state index in [0.717, 1.165) is 24.0 Å². The number of amides is 1. The van der Waals surface area contributed by atoms with Crippen molar-refractivity contribution in [2.45, 2.75) is 58.9 Å². The minimum absolute atomic E-state index is 0.0502. The average molecular weight is 414 g/mol. The van der Waals surface area contributed by atoms with Gasteiger partial charge in [0.15, 0.2) is 0 Å². The Bertz CT molecular complexity index is 860. The van der Waals surface area contributed by atoms with Crippen molar-refractivity contribution in [3.05, 3.63) is 58.1 Å². The number of rotatable bonds is 10. The molecule has 1 aromatic carbocycles. The first-order chi connectivity index (χ1) is 14.4. The number of ketones is 2. The summed E-state index contributed by atoms with van der Waals surface area (Å²) in [4.78, 5) is 37.3. The van der Waals surface area contributed by atoms with Gasteiger partial charge < -0.3 is 14.8 Å². The van der Waals surface area contributed by atoms with E-state index in [1.165, 1.54) is 14.2 Å². The molecule has 0 saturated carbocycles. The van der Waals surface area contributed by atoms with E-state index in [9.17, 15) is 14.4 Å². The van der Waals surface area contributed by atoms with Crippen LogP contribution in [0.2, 0.25) is 0 Å². The summed E-state index contributed by atoms with van der Waals surface area (Å²) < 4.78 is 10.2. The van der Waals surface area contributed by atoms with Crippen molar-refractivity contribution in [2.75, 3.05) is 14.2 Å². The Morgan fingerprint density at radius 1 is 0.933 bits per heavy atom. The molecule has 162 valence electrons. The molecule has 1 N–H and O–H groups in total. The summed E-state index contributed by atoms with van der Waals surface area (Å²) in [5.41, 5.74) is 2.75. The van der Waals surface area contributed by atoms with E-state index in [1.54, 1.807) is 6.92 Å². The van der Waals surface area contributed by atoms with Crippen LogP contribution in [0.25, 0.3) is 0 Å². The predicted octanol–water partition coefficient (Wildman–Crippen LogP) is 3.44. The van der Waals surface area contributed by atoms with E-state index >= 15 is 0 Å². The molecule has 0 spiro atoms. The van der Waals surface area contributed by atoms with Gasteiger partial charge in [0, 0.05) is 30.0 Å². The lowest BCUT2D eigenvalue weighted by Gasteiger charge is -2.20. The molecule has 0 fully saturated rings. The van der Waals surface area contributed by atoms with E-state index in [0.29, 0.717) is 30.4 Å². The third-order valence-electron chi connectivity index (χ3n) is 5.49. The summed E-state index contributed by atoms with van der Waals surface area (Å²) in [7, 11) is 2.70. The van der Waals surface area contributed by atoms with Crippen LogP contribution in [0.3, 0.4) is 0 Å². The van der Waals surface area contributed by atoms with Gasteiger partial charge in [-0.3, -0.25) is 14.4 Å². The topological polar surface area (TPSA) is 81.7 Å². The number of aryl methyl sites for hydroxylation is 1. The second-order valence-electron chi connectivity index (χ2n) is 7.40. The third-order valence-corrected chi connectivity index (χ3v) is 5.49. The monoisotopic (exact) mass is 413 g/mol. The average Bonchev–Trinajstić information content (AvgIpc) is 2.76. The number of carbonyl (C=O) groups excluding carboxylic acids is 3. The molecule has 0 unspecified atom stereocenters. The molecule has 6 heteroatoms. The standard InChI is InChI=1S/C24H31NO5/c1-6-18(7-2)25-20(26)13-12-16-8-10-17(11-9-16)14-19-15(3)21(27)23(29-4)24(30-5)22(19)28/h8-11,18H,6-7,12-14H2,1-5H3,(H,25,26). The van der Waals surface area contributed by atoms with E-state index in [1.807, 2.05) is 24.3 Å². The summed E-state index contributed by atoms with van der Waals surface area (Å²) in [5, 5.41) is 3.04. The lowest BCUT2D eigenvalue weighted by molar-refractivity contribution is -0.121. The number of benzene rings is 1. The van der Waals surface area contributed by atoms with Gasteiger partial charge >= 0.3 is 0 Å². The Hall–Kier alpha value is -2.89. The summed E-state index contributed by atoms with van der Waals surface area (Å²) in [6.45, 7) is 5.76. The van der Waals surface area contributed by atoms with Crippen LogP contribution in [-0.2, 0) is 36.7 Å². The van der Waals surface area contributed by atoms with Gasteiger partial charge in [-0.25, -0.2) is 0 Å². The van der Waals surface area contributed by atoms with Gasteiger partial charge in [-0.1, -0.05) is 38.1 Å². The number of methoxy groups -OCH3 is 2. The van der Waals surface area contributed by atoms with Crippen LogP contribution in [0, 0.1) is 0 Å². The van der Waals surface area contributed by atoms with Crippen LogP contribution >= 0.6 is 0 Å². The zero-order valence-electron chi connectivity index (χ0n) is 18.5. The maximum atomic E-state index is 12.8. The van der Waals surface area contributed by atoms with Crippen LogP contribution in [0.1, 0.15) is 51.2 Å². The number of hydrogen-bond donors (Lipinski definition) is 1. The van der Waals surface area contributed by atoms with Gasteiger partial charge in [-0.05, 0) is 37.3 Å². The van der Waals surface area contributed by atoms with E-state index in [-0.39, 0.29) is 35.0 Å². The summed E-state index contributed by atoms with van der Waals surface area (Å²) in [5.74, 6) is -0.695. The molecule has 0 saturated heterocycles. The minimum Gasteiger partial charge on any atom is -0.489 e. The Kier molecular flexibility index (Phi) is 8.39. The minimum atomic E-state index is -0.330. The van der Waals surface area contributed by atoms with Gasteiger partial charge in [-0.2, -0.15) is 0 Å². The van der Waals surface area contributed by atoms with Gasteiger partial charge in [0.2, 0.25) is 29.0 Å². The maximum Gasteiger partial charge on any atom is 0.228 e. The Morgan fingerprint density at radius 2 is 1.47 bits per heavy atom. The zero-order valence-corrected chi connectivity index (χ0v) is 18.5. The molecule has 0 aliphatic heterocycles. The van der Waals surface area contributed by atoms with Crippen LogP contribution < -0.4 is 5.32 Å². The molecule has 1 aliphatic carbocycles. The zero-order chi connectivity index (χ0) is 22.3. The predicted molar refractivity (Wildman–Crippen MR) is 115 cm³/mol. The van der Waals surface area contributed by atoms with Crippen molar-refractivity contribution in [1.29, 1.82) is 0 Å². The van der Waals surface area contributed by atoms with Crippen molar-refractivity contribution in [1.82, 2.24) is 5.32 Å². The number of carbonyl (C=O) groups is 3. The van der Waals surface area contributed by atoms with Crippen molar-refractivity contribution in [2.24, 2.45) is 0 Å². The summed E-state index contributed by atoms with van der Waals surface area (Å²) in [6.07, 6.45) is 3.28. The van der Waals surface area contributed by atoms with Gasteiger partial charge in [0.25, 0.3) is 0 Å². The Morgan fingerprint density at radius 3 is 2.00 bits per heavy atom. The summed E-state index contributed by atoms with van der Waals surface area (Å²) >= 11 is 0. The molecular formula is C24H31NO5. The number of nitrogens with one attached hydrogen (secondary N) is 1. The lowest BCUT2D eigenvalue weighted by Crippen LogP contribution is -2.33. The first kappa shape index (κ1) is 23.4. The fourth-order valence-electron chi connectivity index (χ4n) is 3.48. The molecule has 0 heterocycles. The van der Waals surface area contributed by atoms with Gasteiger partial charge in [-0.15, -0.1) is 0 Å². The van der Waals surface area contributed by atoms with Crippen LogP contribution in [0.4, 0.5) is 0 Å². The molecule has 30 heavy (non-hydrogen) atoms. The van der Waals surface area contributed by atoms with Crippen molar-refractivity contribution in [3.8, 4) is 0 Å². The first-order valence-corrected chi connectivity index (χ1v) is 10.3. The Labute approximate surface area is 178 Å². The van der Waals surface area contributed by atoms with E-state index < -0.39 is 0 Å². The molecule has 1 aromatic rings. The first-order valence-electron chi connectivity index (χ1n) is 10.3. The quantitative estimate of drug-likeness (QED) is 0.594. The van der Waals surface area contributed by atoms with E-state index in [2.05, 4.69) is 19.2 Å². The SMILES string of the molecule is CCC(CC)NC(=O)CCc1ccc(CC2=C(C)C(=O)C(OC)=C(OC)C2=O)cc1. The second-order valence-corrected chi connectivity index (χ2v) is 7.40. The molecule has 1 aliphatic rings. The maximum absolute atomic E-state index is 12.8. The highest BCUT2D eigenvalue weighted by molar-refractivity contribution is 6.23. The third kappa shape index (κ3) is 5.38. The number of Topliss-reactive ketones (excluding diaryl/α,β-unsaturated/α-hetero) is 2. The molecular weight excluding hydrogens is 382 g/mol. The van der Waals surface area contributed by atoms with Gasteiger partial charge in [0.1, 0.15) is 0 Å². The molecule has 0 aromatic heterocycles. The van der Waals surface area contributed by atoms with Crippen LogP contribution in [0.5, 0.6) is 0 Å². The van der Waals surface area contributed by atoms with Crippen molar-refractivity contribution >= 4 is 17.5 Å². The molecule has 6 nitrogen and oxygen atoms in total. The highest BCUT2D eigenvalue weighted by Gasteiger charge is 2.34. The van der Waals surface area contributed by atoms with E-state index in [4.69, 9.17) is 9.47 Å². The Balaban J connectivity index is 2.04. The smallest absolute Gasteiger partial charge is 0.228 e. The fraction of sp³-hybridized carbons (Fsp3) is 0.458. The highest BCUT2D eigenvalue weighted by atomic mass is 16.5. The molecule has 0 bridgehead atoms. The van der Waals surface area contributed by atoms with Gasteiger partial charge in [0.05, 0.1) is 14.2 Å². The molecule has 0 atom stereocenters. The number of ether oxygens (including phenoxy) is 2. The molecule has 0 radical (unpaired) electrons. The fourth-order valence-corrected chi connectivity index (χ4v) is 3.48. The normalized spacial score (nSPS) is 14.5. The number of allylic oxidation sites excluding steroid dienone is 2. The highest BCUT2D eigenvalue weighted by Crippen LogP contribution is 2.28.